The number of benzene rings is 1. The van der Waals surface area contributed by atoms with E-state index in [1.807, 2.05) is 30.3 Å². The molecule has 1 aromatic heterocycles. The van der Waals surface area contributed by atoms with Gasteiger partial charge in [-0.2, -0.15) is 15.5 Å². The highest BCUT2D eigenvalue weighted by Gasteiger charge is 2.12. The minimum Gasteiger partial charge on any atom is -0.277 e. The Kier molecular flexibility index (Phi) is 4.58. The summed E-state index contributed by atoms with van der Waals surface area (Å²) in [6.07, 6.45) is 2.68. The predicted molar refractivity (Wildman–Crippen MR) is 90.4 cm³/mol. The number of aromatic nitrogens is 1. The monoisotopic (exact) mass is 318 g/mol. The maximum absolute atomic E-state index is 11.1. The molecule has 118 valence electrons. The van der Waals surface area contributed by atoms with Gasteiger partial charge in [0.25, 0.3) is 0 Å². The van der Waals surface area contributed by atoms with Gasteiger partial charge in [-0.1, -0.05) is 18.2 Å². The molecule has 2 aromatic rings. The van der Waals surface area contributed by atoms with Gasteiger partial charge in [-0.05, 0) is 29.8 Å². The highest BCUT2D eigenvalue weighted by molar-refractivity contribution is 6.10. The Bertz CT molecular complexity index is 834. The van der Waals surface area contributed by atoms with Gasteiger partial charge in [0.15, 0.2) is 5.71 Å². The van der Waals surface area contributed by atoms with E-state index in [1.54, 1.807) is 24.4 Å². The Morgan fingerprint density at radius 3 is 2.67 bits per heavy atom. The van der Waals surface area contributed by atoms with Crippen molar-refractivity contribution in [3.05, 3.63) is 59.9 Å². The zero-order chi connectivity index (χ0) is 16.8. The minimum atomic E-state index is -0.0649. The van der Waals surface area contributed by atoms with Gasteiger partial charge in [0.1, 0.15) is 11.8 Å². The Morgan fingerprint density at radius 1 is 1.21 bits per heavy atom. The third-order valence-electron chi connectivity index (χ3n) is 3.43. The Hall–Kier alpha value is -3.53. The number of nitrogens with one attached hydrogen (secondary N) is 2. The second kappa shape index (κ2) is 7.15. The first-order valence-corrected chi connectivity index (χ1v) is 7.37. The van der Waals surface area contributed by atoms with Crippen LogP contribution in [0, 0.1) is 11.3 Å². The van der Waals surface area contributed by atoms with Crippen LogP contribution in [0.1, 0.15) is 24.1 Å². The van der Waals surface area contributed by atoms with Gasteiger partial charge in [-0.3, -0.25) is 15.2 Å². The van der Waals surface area contributed by atoms with Crippen molar-refractivity contribution in [2.45, 2.75) is 12.8 Å². The van der Waals surface area contributed by atoms with Crippen molar-refractivity contribution in [2.24, 2.45) is 10.2 Å². The Labute approximate surface area is 138 Å². The largest absolute Gasteiger partial charge is 0.277 e. The van der Waals surface area contributed by atoms with Crippen LogP contribution in [0.25, 0.3) is 0 Å². The van der Waals surface area contributed by atoms with Gasteiger partial charge in [0.2, 0.25) is 5.91 Å². The summed E-state index contributed by atoms with van der Waals surface area (Å²) >= 11 is 0. The number of nitriles is 1. The quantitative estimate of drug-likeness (QED) is 0.665. The average Bonchev–Trinajstić information content (AvgIpc) is 2.64. The molecule has 1 amide bonds. The molecule has 0 saturated heterocycles. The normalized spacial score (nSPS) is 14.4. The Balaban J connectivity index is 1.71. The van der Waals surface area contributed by atoms with E-state index in [1.165, 1.54) is 0 Å². The summed E-state index contributed by atoms with van der Waals surface area (Å²) in [7, 11) is 0. The van der Waals surface area contributed by atoms with Crippen LogP contribution >= 0.6 is 0 Å². The van der Waals surface area contributed by atoms with Crippen molar-refractivity contribution >= 4 is 23.0 Å². The topological polar surface area (TPSA) is 103 Å². The van der Waals surface area contributed by atoms with Crippen LogP contribution < -0.4 is 10.9 Å². The van der Waals surface area contributed by atoms with Gasteiger partial charge >= 0.3 is 0 Å². The van der Waals surface area contributed by atoms with E-state index in [4.69, 9.17) is 0 Å². The van der Waals surface area contributed by atoms with E-state index >= 15 is 0 Å². The first kappa shape index (κ1) is 15.4. The SMILES string of the molecule is N#C/C(=N/Nc1ccc(C2=NNC(=O)CC2)cc1)c1ccccn1. The Morgan fingerprint density at radius 2 is 2.04 bits per heavy atom. The summed E-state index contributed by atoms with van der Waals surface area (Å²) in [6.45, 7) is 0. The first-order chi connectivity index (χ1) is 11.8. The van der Waals surface area contributed by atoms with Crippen molar-refractivity contribution < 1.29 is 4.79 Å². The van der Waals surface area contributed by atoms with Crippen LogP contribution in [0.15, 0.2) is 58.9 Å². The molecule has 3 rings (SSSR count). The number of anilines is 1. The number of hydrogen-bond acceptors (Lipinski definition) is 6. The molecule has 1 aliphatic heterocycles. The third-order valence-corrected chi connectivity index (χ3v) is 3.43. The van der Waals surface area contributed by atoms with Crippen LogP contribution in [0.2, 0.25) is 0 Å². The van der Waals surface area contributed by atoms with Gasteiger partial charge in [0.05, 0.1) is 11.4 Å². The van der Waals surface area contributed by atoms with Gasteiger partial charge in [0, 0.05) is 19.0 Å². The summed E-state index contributed by atoms with van der Waals surface area (Å²) in [4.78, 5) is 15.2. The van der Waals surface area contributed by atoms with Crippen LogP contribution in [0.4, 0.5) is 5.69 Å². The summed E-state index contributed by atoms with van der Waals surface area (Å²) < 4.78 is 0. The number of carbonyl (C=O) groups is 1. The van der Waals surface area contributed by atoms with E-state index in [2.05, 4.69) is 26.0 Å². The number of pyridine rings is 1. The molecule has 0 bridgehead atoms. The maximum Gasteiger partial charge on any atom is 0.240 e. The molecule has 2 N–H and O–H groups in total. The molecule has 24 heavy (non-hydrogen) atoms. The standard InChI is InChI=1S/C17H14N6O/c18-11-16(15-3-1-2-10-19-15)22-20-13-6-4-12(5-7-13)14-8-9-17(24)23-21-14/h1-7,10,20H,8-9H2,(H,23,24)/b22-16-. The lowest BCUT2D eigenvalue weighted by atomic mass is 10.0. The van der Waals surface area contributed by atoms with Crippen LogP contribution in [0.3, 0.4) is 0 Å². The molecule has 7 heteroatoms. The number of carbonyl (C=O) groups excluding carboxylic acids is 1. The molecule has 7 nitrogen and oxygen atoms in total. The smallest absolute Gasteiger partial charge is 0.240 e. The number of rotatable bonds is 4. The van der Waals surface area contributed by atoms with E-state index in [0.717, 1.165) is 17.0 Å². The molecule has 0 unspecified atom stereocenters. The van der Waals surface area contributed by atoms with E-state index < -0.39 is 0 Å². The third kappa shape index (κ3) is 3.62. The fourth-order valence-electron chi connectivity index (χ4n) is 2.18. The van der Waals surface area contributed by atoms with E-state index in [-0.39, 0.29) is 11.6 Å². The average molecular weight is 318 g/mol. The van der Waals surface area contributed by atoms with Crippen LogP contribution in [0.5, 0.6) is 0 Å². The predicted octanol–water partition coefficient (Wildman–Crippen LogP) is 2.04. The van der Waals surface area contributed by atoms with E-state index in [9.17, 15) is 10.1 Å². The number of amides is 1. The van der Waals surface area contributed by atoms with Gasteiger partial charge in [-0.15, -0.1) is 0 Å². The highest BCUT2D eigenvalue weighted by Crippen LogP contribution is 2.14. The molecule has 0 aliphatic carbocycles. The number of hydrogen-bond donors (Lipinski definition) is 2. The lowest BCUT2D eigenvalue weighted by Gasteiger charge is -2.12. The fourth-order valence-corrected chi connectivity index (χ4v) is 2.18. The molecule has 1 aromatic carbocycles. The van der Waals surface area contributed by atoms with Crippen LogP contribution in [-0.2, 0) is 4.79 Å². The molecule has 0 saturated carbocycles. The molecular weight excluding hydrogens is 304 g/mol. The molecule has 0 atom stereocenters. The van der Waals surface area contributed by atoms with Crippen molar-refractivity contribution in [1.29, 1.82) is 5.26 Å². The van der Waals surface area contributed by atoms with Crippen LogP contribution in [-0.4, -0.2) is 22.3 Å². The second-order valence-electron chi connectivity index (χ2n) is 5.07. The number of nitrogens with zero attached hydrogens (tertiary/aromatic N) is 4. The van der Waals surface area contributed by atoms with Crippen molar-refractivity contribution in [3.8, 4) is 6.07 Å². The lowest BCUT2D eigenvalue weighted by molar-refractivity contribution is -0.121. The van der Waals surface area contributed by atoms with Gasteiger partial charge in [-0.25, -0.2) is 5.43 Å². The highest BCUT2D eigenvalue weighted by atomic mass is 16.2. The zero-order valence-corrected chi connectivity index (χ0v) is 12.7. The summed E-state index contributed by atoms with van der Waals surface area (Å²) in [6, 6.07) is 14.8. The molecule has 2 heterocycles. The maximum atomic E-state index is 11.1. The van der Waals surface area contributed by atoms with Crippen molar-refractivity contribution in [3.63, 3.8) is 0 Å². The molecule has 0 spiro atoms. The van der Waals surface area contributed by atoms with Crippen molar-refractivity contribution in [1.82, 2.24) is 10.4 Å². The molecular formula is C17H14N6O. The lowest BCUT2D eigenvalue weighted by Crippen LogP contribution is -2.25. The second-order valence-corrected chi connectivity index (χ2v) is 5.07. The molecule has 0 fully saturated rings. The summed E-state index contributed by atoms with van der Waals surface area (Å²) in [5.41, 5.74) is 8.57. The zero-order valence-electron chi connectivity index (χ0n) is 12.7. The van der Waals surface area contributed by atoms with E-state index in [0.29, 0.717) is 18.5 Å². The molecule has 0 radical (unpaired) electrons. The fraction of sp³-hybridized carbons (Fsp3) is 0.118. The summed E-state index contributed by atoms with van der Waals surface area (Å²) in [5.74, 6) is -0.0649. The number of hydrazone groups is 2. The molecule has 1 aliphatic rings. The first-order valence-electron chi connectivity index (χ1n) is 7.37. The minimum absolute atomic E-state index is 0.0649. The van der Waals surface area contributed by atoms with Crippen molar-refractivity contribution in [2.75, 3.05) is 5.43 Å². The summed E-state index contributed by atoms with van der Waals surface area (Å²) in [5, 5.41) is 17.3. The van der Waals surface area contributed by atoms with Gasteiger partial charge < -0.3 is 0 Å².